The van der Waals surface area contributed by atoms with Gasteiger partial charge in [-0.3, -0.25) is 9.59 Å². The molecule has 4 nitrogen and oxygen atoms in total. The van der Waals surface area contributed by atoms with E-state index in [2.05, 4.69) is 10.1 Å². The molecule has 1 aromatic heterocycles. The fourth-order valence-electron chi connectivity index (χ4n) is 2.15. The van der Waals surface area contributed by atoms with Crippen LogP contribution in [0.5, 0.6) is 0 Å². The lowest BCUT2D eigenvalue weighted by molar-refractivity contribution is -0.142. The van der Waals surface area contributed by atoms with E-state index in [1.165, 1.54) is 7.11 Å². The van der Waals surface area contributed by atoms with Crippen LogP contribution in [-0.4, -0.2) is 19.0 Å². The largest absolute Gasteiger partial charge is 0.469 e. The Balaban J connectivity index is 1.99. The van der Waals surface area contributed by atoms with Crippen molar-refractivity contribution >= 4 is 23.2 Å². The van der Waals surface area contributed by atoms with Crippen molar-refractivity contribution in [2.75, 3.05) is 7.11 Å². The molecule has 0 radical (unpaired) electrons. The van der Waals surface area contributed by atoms with Crippen LogP contribution in [0.25, 0.3) is 0 Å². The molecule has 0 saturated carbocycles. The number of ether oxygens (including phenoxy) is 1. The minimum Gasteiger partial charge on any atom is -0.469 e. The maximum atomic E-state index is 12.0. The molecule has 0 aliphatic carbocycles. The molecule has 1 amide bonds. The topological polar surface area (TPSA) is 55.4 Å². The summed E-state index contributed by atoms with van der Waals surface area (Å²) in [6.45, 7) is 0. The molecule has 0 saturated heterocycles. The second-order valence-electron chi connectivity index (χ2n) is 4.90. The molecule has 2 aromatic rings. The second kappa shape index (κ2) is 8.34. The number of methoxy groups -OCH3 is 1. The molecular formula is C17H19NO3S. The predicted molar refractivity (Wildman–Crippen MR) is 86.6 cm³/mol. The number of carbonyl (C=O) groups is 2. The number of hydrogen-bond acceptors (Lipinski definition) is 4. The highest BCUT2D eigenvalue weighted by Gasteiger charge is 2.17. The number of esters is 1. The minimum atomic E-state index is -0.370. The Morgan fingerprint density at radius 3 is 2.55 bits per heavy atom. The zero-order chi connectivity index (χ0) is 15.8. The lowest BCUT2D eigenvalue weighted by Gasteiger charge is -2.17. The monoisotopic (exact) mass is 317 g/mol. The maximum Gasteiger partial charge on any atom is 0.306 e. The van der Waals surface area contributed by atoms with E-state index in [0.29, 0.717) is 0 Å². The molecule has 2 rings (SSSR count). The van der Waals surface area contributed by atoms with Crippen LogP contribution in [0.15, 0.2) is 47.8 Å². The highest BCUT2D eigenvalue weighted by atomic mass is 32.1. The van der Waals surface area contributed by atoms with Gasteiger partial charge in [0.25, 0.3) is 0 Å². The van der Waals surface area contributed by atoms with Gasteiger partial charge in [-0.15, -0.1) is 11.3 Å². The molecule has 0 aliphatic rings. The predicted octanol–water partition coefficient (Wildman–Crippen LogP) is 3.10. The van der Waals surface area contributed by atoms with Crippen LogP contribution in [0.1, 0.15) is 29.3 Å². The van der Waals surface area contributed by atoms with Gasteiger partial charge in [-0.25, -0.2) is 0 Å². The van der Waals surface area contributed by atoms with Gasteiger partial charge in [-0.2, -0.15) is 0 Å². The molecule has 1 unspecified atom stereocenters. The van der Waals surface area contributed by atoms with Crippen molar-refractivity contribution in [2.45, 2.75) is 25.3 Å². The Morgan fingerprint density at radius 2 is 1.91 bits per heavy atom. The molecule has 1 heterocycles. The molecule has 0 bridgehead atoms. The van der Waals surface area contributed by atoms with Crippen molar-refractivity contribution in [3.8, 4) is 0 Å². The summed E-state index contributed by atoms with van der Waals surface area (Å²) in [6, 6.07) is 13.9. The number of hydrogen-bond donors (Lipinski definition) is 1. The normalized spacial score (nSPS) is 11.7. The Labute approximate surface area is 134 Å². The molecule has 0 spiro atoms. The summed E-state index contributed by atoms with van der Waals surface area (Å²) in [6.07, 6.45) is 0.972. The summed E-state index contributed by atoms with van der Waals surface area (Å²) >= 11 is 1.61. The third kappa shape index (κ3) is 5.00. The van der Waals surface area contributed by atoms with E-state index in [1.807, 2.05) is 47.8 Å². The van der Waals surface area contributed by atoms with E-state index in [4.69, 9.17) is 0 Å². The number of rotatable bonds is 7. The molecule has 5 heteroatoms. The second-order valence-corrected chi connectivity index (χ2v) is 5.88. The molecule has 1 atom stereocenters. The van der Waals surface area contributed by atoms with E-state index in [1.54, 1.807) is 11.3 Å². The summed E-state index contributed by atoms with van der Waals surface area (Å²) in [5.41, 5.74) is 1.16. The Kier molecular flexibility index (Phi) is 6.15. The molecular weight excluding hydrogens is 298 g/mol. The van der Waals surface area contributed by atoms with E-state index in [9.17, 15) is 9.59 Å². The fraction of sp³-hybridized carbons (Fsp3) is 0.294. The minimum absolute atomic E-state index is 0.0763. The van der Waals surface area contributed by atoms with Gasteiger partial charge < -0.3 is 10.1 Å². The third-order valence-corrected chi connectivity index (χ3v) is 4.27. The van der Waals surface area contributed by atoms with E-state index in [-0.39, 0.29) is 30.8 Å². The number of carbonyl (C=O) groups excluding carboxylic acids is 2. The summed E-state index contributed by atoms with van der Waals surface area (Å²) < 4.78 is 4.56. The Bertz CT molecular complexity index is 596. The van der Waals surface area contributed by atoms with Gasteiger partial charge in [0.1, 0.15) is 0 Å². The third-order valence-electron chi connectivity index (χ3n) is 3.29. The van der Waals surface area contributed by atoms with Gasteiger partial charge in [-0.05, 0) is 23.4 Å². The van der Waals surface area contributed by atoms with Crippen LogP contribution >= 0.6 is 11.3 Å². The van der Waals surface area contributed by atoms with Crippen LogP contribution < -0.4 is 5.32 Å². The Morgan fingerprint density at radius 1 is 1.14 bits per heavy atom. The van der Waals surface area contributed by atoms with E-state index in [0.717, 1.165) is 16.9 Å². The smallest absolute Gasteiger partial charge is 0.306 e. The van der Waals surface area contributed by atoms with E-state index < -0.39 is 0 Å². The average Bonchev–Trinajstić information content (AvgIpc) is 3.07. The average molecular weight is 317 g/mol. The number of amides is 1. The first-order valence-electron chi connectivity index (χ1n) is 7.12. The standard InChI is InChI=1S/C17H19NO3S/c1-21-17(20)10-9-16(19)18-14(15-8-5-11-22-15)12-13-6-3-2-4-7-13/h2-8,11,14H,9-10,12H2,1H3,(H,18,19). The van der Waals surface area contributed by atoms with Gasteiger partial charge in [0.05, 0.1) is 19.6 Å². The first-order chi connectivity index (χ1) is 10.7. The molecule has 1 aromatic carbocycles. The summed E-state index contributed by atoms with van der Waals surface area (Å²) in [5, 5.41) is 5.01. The summed E-state index contributed by atoms with van der Waals surface area (Å²) in [5.74, 6) is -0.509. The van der Waals surface area contributed by atoms with Crippen LogP contribution in [0.4, 0.5) is 0 Å². The first-order valence-corrected chi connectivity index (χ1v) is 8.00. The maximum absolute atomic E-state index is 12.0. The van der Waals surface area contributed by atoms with Gasteiger partial charge in [0.15, 0.2) is 0 Å². The van der Waals surface area contributed by atoms with Crippen molar-refractivity contribution in [1.82, 2.24) is 5.32 Å². The van der Waals surface area contributed by atoms with Gasteiger partial charge in [0.2, 0.25) is 5.91 Å². The molecule has 1 N–H and O–H groups in total. The van der Waals surface area contributed by atoms with Gasteiger partial charge in [0, 0.05) is 11.3 Å². The van der Waals surface area contributed by atoms with Gasteiger partial charge >= 0.3 is 5.97 Å². The highest BCUT2D eigenvalue weighted by molar-refractivity contribution is 7.10. The van der Waals surface area contributed by atoms with Crippen molar-refractivity contribution in [1.29, 1.82) is 0 Å². The highest BCUT2D eigenvalue weighted by Crippen LogP contribution is 2.23. The zero-order valence-corrected chi connectivity index (χ0v) is 13.3. The Hall–Kier alpha value is -2.14. The fourth-order valence-corrected chi connectivity index (χ4v) is 2.92. The van der Waals surface area contributed by atoms with Crippen LogP contribution in [0.3, 0.4) is 0 Å². The molecule has 116 valence electrons. The number of nitrogens with one attached hydrogen (secondary N) is 1. The summed E-state index contributed by atoms with van der Waals surface area (Å²) in [7, 11) is 1.32. The van der Waals surface area contributed by atoms with Crippen LogP contribution in [-0.2, 0) is 20.7 Å². The van der Waals surface area contributed by atoms with Crippen LogP contribution in [0.2, 0.25) is 0 Å². The number of thiophene rings is 1. The molecule has 22 heavy (non-hydrogen) atoms. The van der Waals surface area contributed by atoms with Crippen molar-refractivity contribution in [3.05, 3.63) is 58.3 Å². The van der Waals surface area contributed by atoms with Crippen molar-refractivity contribution < 1.29 is 14.3 Å². The van der Waals surface area contributed by atoms with Crippen LogP contribution in [0, 0.1) is 0 Å². The summed E-state index contributed by atoms with van der Waals surface area (Å²) in [4.78, 5) is 24.3. The lowest BCUT2D eigenvalue weighted by atomic mass is 10.0. The van der Waals surface area contributed by atoms with Gasteiger partial charge in [-0.1, -0.05) is 36.4 Å². The first kappa shape index (κ1) is 16.2. The SMILES string of the molecule is COC(=O)CCC(=O)NC(Cc1ccccc1)c1cccs1. The zero-order valence-electron chi connectivity index (χ0n) is 12.5. The van der Waals surface area contributed by atoms with E-state index >= 15 is 0 Å². The van der Waals surface area contributed by atoms with Crippen molar-refractivity contribution in [2.24, 2.45) is 0 Å². The molecule has 0 aliphatic heterocycles. The molecule has 0 fully saturated rings. The lowest BCUT2D eigenvalue weighted by Crippen LogP contribution is -2.29. The quantitative estimate of drug-likeness (QED) is 0.798. The number of benzene rings is 1. The van der Waals surface area contributed by atoms with Crippen molar-refractivity contribution in [3.63, 3.8) is 0 Å².